The van der Waals surface area contributed by atoms with Gasteiger partial charge in [0.2, 0.25) is 6.10 Å². The first kappa shape index (κ1) is 11.4. The normalized spacial score (nSPS) is 18.9. The first-order chi connectivity index (χ1) is 8.02. The Bertz CT molecular complexity index is 500. The molecule has 17 heavy (non-hydrogen) atoms. The number of rotatable bonds is 2. The molecule has 0 saturated carbocycles. The van der Waals surface area contributed by atoms with Crippen LogP contribution in [0.2, 0.25) is 0 Å². The Balaban J connectivity index is 2.45. The van der Waals surface area contributed by atoms with E-state index in [1.54, 1.807) is 6.92 Å². The third-order valence-corrected chi connectivity index (χ3v) is 2.51. The summed E-state index contributed by atoms with van der Waals surface area (Å²) < 4.78 is 23.0. The van der Waals surface area contributed by atoms with Crippen LogP contribution in [-0.2, 0) is 9.53 Å². The number of hydrogen-bond acceptors (Lipinski definition) is 4. The first-order valence-electron chi connectivity index (χ1n) is 4.88. The zero-order valence-corrected chi connectivity index (χ0v) is 9.24. The van der Waals surface area contributed by atoms with Gasteiger partial charge in [-0.3, -0.25) is 10.1 Å². The zero-order chi connectivity index (χ0) is 12.6. The van der Waals surface area contributed by atoms with Crippen LogP contribution in [0.4, 0.5) is 9.18 Å². The minimum atomic E-state index is -1.04. The smallest absolute Gasteiger partial charge is 0.415 e. The van der Waals surface area contributed by atoms with Gasteiger partial charge in [0.25, 0.3) is 5.91 Å². The molecule has 0 radical (unpaired) electrons. The summed E-state index contributed by atoms with van der Waals surface area (Å²) in [5.41, 5.74) is 0.921. The molecule has 1 fully saturated rings. The molecule has 5 nitrogen and oxygen atoms in total. The maximum Gasteiger partial charge on any atom is 0.415 e. The van der Waals surface area contributed by atoms with Crippen LogP contribution in [0, 0.1) is 12.7 Å². The number of imide groups is 1. The average molecular weight is 239 g/mol. The molecule has 6 heteroatoms. The van der Waals surface area contributed by atoms with Gasteiger partial charge in [0.05, 0.1) is 7.11 Å². The second-order valence-corrected chi connectivity index (χ2v) is 3.62. The fourth-order valence-corrected chi connectivity index (χ4v) is 1.67. The van der Waals surface area contributed by atoms with Gasteiger partial charge in [-0.2, -0.15) is 0 Å². The Kier molecular flexibility index (Phi) is 2.71. The van der Waals surface area contributed by atoms with Gasteiger partial charge in [0, 0.05) is 5.56 Å². The number of nitrogens with one attached hydrogen (secondary N) is 1. The van der Waals surface area contributed by atoms with E-state index in [1.807, 2.05) is 5.32 Å². The van der Waals surface area contributed by atoms with Crippen molar-refractivity contribution in [1.82, 2.24) is 5.32 Å². The maximum atomic E-state index is 13.4. The van der Waals surface area contributed by atoms with Crippen LogP contribution in [0.25, 0.3) is 0 Å². The Hall–Kier alpha value is -2.11. The molecule has 1 unspecified atom stereocenters. The summed E-state index contributed by atoms with van der Waals surface area (Å²) in [6, 6.07) is 2.58. The van der Waals surface area contributed by atoms with E-state index in [9.17, 15) is 14.0 Å². The summed E-state index contributed by atoms with van der Waals surface area (Å²) in [6.45, 7) is 1.62. The Morgan fingerprint density at radius 3 is 2.65 bits per heavy atom. The molecule has 0 bridgehead atoms. The number of halogens is 1. The molecule has 0 aromatic heterocycles. The van der Waals surface area contributed by atoms with Gasteiger partial charge in [-0.15, -0.1) is 0 Å². The molecule has 90 valence electrons. The molecule has 1 aromatic rings. The molecule has 1 atom stereocenters. The van der Waals surface area contributed by atoms with Crippen molar-refractivity contribution in [2.24, 2.45) is 0 Å². The highest BCUT2D eigenvalue weighted by molar-refractivity contribution is 6.00. The minimum Gasteiger partial charge on any atom is -0.494 e. The van der Waals surface area contributed by atoms with Gasteiger partial charge in [-0.25, -0.2) is 9.18 Å². The molecule has 1 saturated heterocycles. The van der Waals surface area contributed by atoms with E-state index in [1.165, 1.54) is 19.2 Å². The number of amides is 2. The fourth-order valence-electron chi connectivity index (χ4n) is 1.67. The van der Waals surface area contributed by atoms with Crippen molar-refractivity contribution >= 4 is 12.0 Å². The highest BCUT2D eigenvalue weighted by atomic mass is 19.1. The van der Waals surface area contributed by atoms with Gasteiger partial charge in [0.1, 0.15) is 0 Å². The van der Waals surface area contributed by atoms with Gasteiger partial charge in [-0.1, -0.05) is 0 Å². The average Bonchev–Trinajstić information content (AvgIpc) is 2.58. The molecule has 1 heterocycles. The van der Waals surface area contributed by atoms with Crippen molar-refractivity contribution in [3.05, 3.63) is 29.1 Å². The van der Waals surface area contributed by atoms with Gasteiger partial charge >= 0.3 is 6.09 Å². The SMILES string of the molecule is COc1cc(C2OC(=O)NC2=O)c(C)cc1F. The molecule has 0 aliphatic carbocycles. The number of carbonyl (C=O) groups is 2. The van der Waals surface area contributed by atoms with Crippen LogP contribution in [0.15, 0.2) is 12.1 Å². The maximum absolute atomic E-state index is 13.4. The third kappa shape index (κ3) is 1.93. The molecule has 1 aliphatic heterocycles. The standard InChI is InChI=1S/C11H10FNO4/c1-5-3-7(12)8(16-2)4-6(5)9-10(14)13-11(15)17-9/h3-4,9H,1-2H3,(H,13,14,15). The lowest BCUT2D eigenvalue weighted by Gasteiger charge is -2.12. The number of ether oxygens (including phenoxy) is 2. The summed E-state index contributed by atoms with van der Waals surface area (Å²) in [5, 5.41) is 2.01. The van der Waals surface area contributed by atoms with Crippen LogP contribution >= 0.6 is 0 Å². The molecule has 1 aromatic carbocycles. The Morgan fingerprint density at radius 1 is 1.41 bits per heavy atom. The van der Waals surface area contributed by atoms with E-state index in [0.717, 1.165) is 0 Å². The summed E-state index contributed by atoms with van der Waals surface area (Å²) in [6.07, 6.45) is -1.85. The molecular formula is C11H10FNO4. The highest BCUT2D eigenvalue weighted by Gasteiger charge is 2.35. The predicted molar refractivity (Wildman–Crippen MR) is 55.1 cm³/mol. The van der Waals surface area contributed by atoms with Gasteiger partial charge < -0.3 is 9.47 Å². The third-order valence-electron chi connectivity index (χ3n) is 2.51. The second kappa shape index (κ2) is 4.04. The molecular weight excluding hydrogens is 229 g/mol. The zero-order valence-electron chi connectivity index (χ0n) is 9.24. The minimum absolute atomic E-state index is 0.00125. The first-order valence-corrected chi connectivity index (χ1v) is 4.88. The van der Waals surface area contributed by atoms with E-state index in [-0.39, 0.29) is 5.75 Å². The molecule has 1 aliphatic rings. The predicted octanol–water partition coefficient (Wildman–Crippen LogP) is 1.45. The Labute approximate surface area is 96.5 Å². The van der Waals surface area contributed by atoms with Crippen LogP contribution in [0.3, 0.4) is 0 Å². The lowest BCUT2D eigenvalue weighted by atomic mass is 10.0. The molecule has 2 rings (SSSR count). The fraction of sp³-hybridized carbons (Fsp3) is 0.273. The summed E-state index contributed by atoms with van der Waals surface area (Å²) in [7, 11) is 1.32. The lowest BCUT2D eigenvalue weighted by molar-refractivity contribution is -0.123. The van der Waals surface area contributed by atoms with Crippen LogP contribution in [0.1, 0.15) is 17.2 Å². The van der Waals surface area contributed by atoms with Gasteiger partial charge in [0.15, 0.2) is 11.6 Å². The van der Waals surface area contributed by atoms with Crippen LogP contribution in [0.5, 0.6) is 5.75 Å². The molecule has 2 amide bonds. The summed E-state index contributed by atoms with van der Waals surface area (Å²) >= 11 is 0. The largest absolute Gasteiger partial charge is 0.494 e. The van der Waals surface area contributed by atoms with Crippen LogP contribution in [-0.4, -0.2) is 19.1 Å². The number of hydrogen-bond donors (Lipinski definition) is 1. The van der Waals surface area contributed by atoms with Crippen molar-refractivity contribution in [3.8, 4) is 5.75 Å². The highest BCUT2D eigenvalue weighted by Crippen LogP contribution is 2.30. The summed E-state index contributed by atoms with van der Waals surface area (Å²) in [4.78, 5) is 22.3. The van der Waals surface area contributed by atoms with Crippen molar-refractivity contribution in [2.45, 2.75) is 13.0 Å². The van der Waals surface area contributed by atoms with Gasteiger partial charge in [-0.05, 0) is 24.6 Å². The number of alkyl carbamates (subject to hydrolysis) is 1. The van der Waals surface area contributed by atoms with E-state index in [0.29, 0.717) is 11.1 Å². The Morgan fingerprint density at radius 2 is 2.12 bits per heavy atom. The summed E-state index contributed by atoms with van der Waals surface area (Å²) in [5.74, 6) is -1.09. The van der Waals surface area contributed by atoms with E-state index < -0.39 is 23.9 Å². The number of carbonyl (C=O) groups excluding carboxylic acids is 2. The van der Waals surface area contributed by atoms with Crippen molar-refractivity contribution in [2.75, 3.05) is 7.11 Å². The van der Waals surface area contributed by atoms with E-state index in [2.05, 4.69) is 0 Å². The van der Waals surface area contributed by atoms with Crippen molar-refractivity contribution in [1.29, 1.82) is 0 Å². The topological polar surface area (TPSA) is 64.6 Å². The molecule has 0 spiro atoms. The molecule has 1 N–H and O–H groups in total. The lowest BCUT2D eigenvalue weighted by Crippen LogP contribution is -2.20. The quantitative estimate of drug-likeness (QED) is 0.848. The monoisotopic (exact) mass is 239 g/mol. The number of methoxy groups -OCH3 is 1. The van der Waals surface area contributed by atoms with E-state index >= 15 is 0 Å². The second-order valence-electron chi connectivity index (χ2n) is 3.62. The van der Waals surface area contributed by atoms with Crippen molar-refractivity contribution < 1.29 is 23.5 Å². The number of benzene rings is 1. The number of aryl methyl sites for hydroxylation is 1. The van der Waals surface area contributed by atoms with E-state index in [4.69, 9.17) is 9.47 Å². The number of cyclic esters (lactones) is 1. The van der Waals surface area contributed by atoms with Crippen molar-refractivity contribution in [3.63, 3.8) is 0 Å². The van der Waals surface area contributed by atoms with Crippen LogP contribution < -0.4 is 10.1 Å².